The summed E-state index contributed by atoms with van der Waals surface area (Å²) in [6, 6.07) is 5.59. The van der Waals surface area contributed by atoms with Gasteiger partial charge in [0.2, 0.25) is 18.2 Å². The number of carbonyl (C=O) groups excluding carboxylic acids is 3. The zero-order valence-electron chi connectivity index (χ0n) is 13.9. The molecule has 2 aliphatic rings. The number of anilines is 2. The summed E-state index contributed by atoms with van der Waals surface area (Å²) < 4.78 is 0. The lowest BCUT2D eigenvalue weighted by atomic mass is 9.92. The number of likely N-dealkylation sites (N-methyl/N-ethyl adjacent to an activating group) is 1. The fraction of sp³-hybridized carbons (Fsp3) is 0.471. The van der Waals surface area contributed by atoms with Gasteiger partial charge in [-0.15, -0.1) is 0 Å². The normalized spacial score (nSPS) is 21.0. The van der Waals surface area contributed by atoms with Gasteiger partial charge in [0.25, 0.3) is 0 Å². The smallest absolute Gasteiger partial charge is 0.249 e. The molecule has 24 heavy (non-hydrogen) atoms. The molecule has 3 rings (SSSR count). The van der Waals surface area contributed by atoms with Gasteiger partial charge in [0.05, 0.1) is 11.4 Å². The zero-order chi connectivity index (χ0) is 17.3. The first-order valence-electron chi connectivity index (χ1n) is 8.10. The van der Waals surface area contributed by atoms with E-state index in [2.05, 4.69) is 10.6 Å². The van der Waals surface area contributed by atoms with Crippen molar-refractivity contribution in [2.24, 2.45) is 0 Å². The lowest BCUT2D eigenvalue weighted by molar-refractivity contribution is -0.134. The molecule has 2 fully saturated rings. The second kappa shape index (κ2) is 6.60. The molecule has 0 aliphatic carbocycles. The highest BCUT2D eigenvalue weighted by molar-refractivity contribution is 6.02. The highest BCUT2D eigenvalue weighted by Gasteiger charge is 2.31. The molecule has 0 spiro atoms. The van der Waals surface area contributed by atoms with E-state index >= 15 is 0 Å². The highest BCUT2D eigenvalue weighted by Crippen LogP contribution is 2.34. The third-order valence-corrected chi connectivity index (χ3v) is 4.85. The number of piperidine rings is 1. The zero-order valence-corrected chi connectivity index (χ0v) is 13.9. The van der Waals surface area contributed by atoms with E-state index in [0.717, 1.165) is 30.9 Å². The summed E-state index contributed by atoms with van der Waals surface area (Å²) in [6.07, 6.45) is 1.56. The van der Waals surface area contributed by atoms with Gasteiger partial charge in [0.1, 0.15) is 6.04 Å². The lowest BCUT2D eigenvalue weighted by Gasteiger charge is -2.35. The largest absolute Gasteiger partial charge is 0.361 e. The van der Waals surface area contributed by atoms with E-state index in [1.54, 1.807) is 7.05 Å². The van der Waals surface area contributed by atoms with Crippen LogP contribution in [-0.2, 0) is 14.4 Å². The van der Waals surface area contributed by atoms with Crippen LogP contribution >= 0.6 is 0 Å². The SMILES string of the molecule is CN(C=O)c1cc(C2CNC2)ccc1N(C)C1CCC(=O)NC1=O. The van der Waals surface area contributed by atoms with E-state index in [4.69, 9.17) is 0 Å². The van der Waals surface area contributed by atoms with Crippen molar-refractivity contribution in [1.82, 2.24) is 10.6 Å². The summed E-state index contributed by atoms with van der Waals surface area (Å²) in [4.78, 5) is 38.2. The topological polar surface area (TPSA) is 81.8 Å². The van der Waals surface area contributed by atoms with Crippen molar-refractivity contribution < 1.29 is 14.4 Å². The molecule has 0 radical (unpaired) electrons. The van der Waals surface area contributed by atoms with E-state index < -0.39 is 6.04 Å². The Morgan fingerprint density at radius 1 is 1.17 bits per heavy atom. The molecule has 2 aliphatic heterocycles. The van der Waals surface area contributed by atoms with E-state index in [9.17, 15) is 14.4 Å². The van der Waals surface area contributed by atoms with Crippen LogP contribution in [0.1, 0.15) is 24.3 Å². The molecule has 2 N–H and O–H groups in total. The number of hydrogen-bond acceptors (Lipinski definition) is 5. The Kier molecular flexibility index (Phi) is 4.53. The Morgan fingerprint density at radius 3 is 2.50 bits per heavy atom. The fourth-order valence-electron chi connectivity index (χ4n) is 3.18. The molecular weight excluding hydrogens is 308 g/mol. The second-order valence-corrected chi connectivity index (χ2v) is 6.40. The summed E-state index contributed by atoms with van der Waals surface area (Å²) in [5.41, 5.74) is 2.75. The molecule has 7 nitrogen and oxygen atoms in total. The fourth-order valence-corrected chi connectivity index (χ4v) is 3.18. The third-order valence-electron chi connectivity index (χ3n) is 4.85. The van der Waals surface area contributed by atoms with Crippen molar-refractivity contribution in [3.8, 4) is 0 Å². The number of nitrogens with one attached hydrogen (secondary N) is 2. The average molecular weight is 330 g/mol. The van der Waals surface area contributed by atoms with Crippen LogP contribution in [-0.4, -0.2) is 51.5 Å². The quantitative estimate of drug-likeness (QED) is 0.596. The van der Waals surface area contributed by atoms with Crippen LogP contribution in [0.4, 0.5) is 11.4 Å². The van der Waals surface area contributed by atoms with Crippen LogP contribution in [0.3, 0.4) is 0 Å². The minimum atomic E-state index is -0.419. The van der Waals surface area contributed by atoms with Gasteiger partial charge in [-0.05, 0) is 24.1 Å². The number of benzene rings is 1. The van der Waals surface area contributed by atoms with Gasteiger partial charge in [0.15, 0.2) is 0 Å². The van der Waals surface area contributed by atoms with Crippen molar-refractivity contribution in [3.05, 3.63) is 23.8 Å². The molecule has 0 bridgehead atoms. The minimum Gasteiger partial charge on any atom is -0.361 e. The van der Waals surface area contributed by atoms with Gasteiger partial charge < -0.3 is 15.1 Å². The van der Waals surface area contributed by atoms with Crippen LogP contribution in [0, 0.1) is 0 Å². The van der Waals surface area contributed by atoms with Crippen LogP contribution in [0.25, 0.3) is 0 Å². The first kappa shape index (κ1) is 16.4. The minimum absolute atomic E-state index is 0.234. The number of carbonyl (C=O) groups is 3. The van der Waals surface area contributed by atoms with Gasteiger partial charge in [-0.1, -0.05) is 6.07 Å². The second-order valence-electron chi connectivity index (χ2n) is 6.40. The molecule has 7 heteroatoms. The monoisotopic (exact) mass is 330 g/mol. The molecular formula is C17H22N4O3. The Bertz CT molecular complexity index is 672. The van der Waals surface area contributed by atoms with E-state index in [1.165, 1.54) is 10.5 Å². The van der Waals surface area contributed by atoms with E-state index in [-0.39, 0.29) is 11.8 Å². The molecule has 2 heterocycles. The van der Waals surface area contributed by atoms with Crippen molar-refractivity contribution in [1.29, 1.82) is 0 Å². The van der Waals surface area contributed by atoms with Crippen molar-refractivity contribution in [3.63, 3.8) is 0 Å². The predicted octanol–water partition coefficient (Wildman–Crippen LogP) is 0.207. The van der Waals surface area contributed by atoms with E-state index in [0.29, 0.717) is 18.8 Å². The number of rotatable bonds is 5. The Balaban J connectivity index is 1.91. The Labute approximate surface area is 141 Å². The molecule has 1 unspecified atom stereocenters. The molecule has 0 saturated carbocycles. The van der Waals surface area contributed by atoms with Crippen molar-refractivity contribution >= 4 is 29.6 Å². The number of imide groups is 1. The summed E-state index contributed by atoms with van der Waals surface area (Å²) in [6.45, 7) is 1.87. The maximum absolute atomic E-state index is 12.1. The van der Waals surface area contributed by atoms with Gasteiger partial charge in [-0.2, -0.15) is 0 Å². The maximum Gasteiger partial charge on any atom is 0.249 e. The van der Waals surface area contributed by atoms with Crippen LogP contribution < -0.4 is 20.4 Å². The maximum atomic E-state index is 12.1. The summed E-state index contributed by atoms with van der Waals surface area (Å²) in [5.74, 6) is -0.0674. The molecule has 3 amide bonds. The lowest BCUT2D eigenvalue weighted by Crippen LogP contribution is -2.51. The highest BCUT2D eigenvalue weighted by atomic mass is 16.2. The summed E-state index contributed by atoms with van der Waals surface area (Å²) in [5, 5.41) is 5.62. The molecule has 0 aromatic heterocycles. The summed E-state index contributed by atoms with van der Waals surface area (Å²) >= 11 is 0. The predicted molar refractivity (Wildman–Crippen MR) is 91.1 cm³/mol. The third kappa shape index (κ3) is 2.99. The first-order chi connectivity index (χ1) is 11.5. The number of hydrogen-bond donors (Lipinski definition) is 2. The van der Waals surface area contributed by atoms with Crippen molar-refractivity contribution in [2.45, 2.75) is 24.8 Å². The molecule has 2 saturated heterocycles. The van der Waals surface area contributed by atoms with Gasteiger partial charge in [-0.25, -0.2) is 0 Å². The van der Waals surface area contributed by atoms with Crippen molar-refractivity contribution in [2.75, 3.05) is 37.0 Å². The standard InChI is InChI=1S/C17H22N4O3/c1-20(10-22)15-7-11(12-8-18-9-12)3-4-13(15)21(2)14-5-6-16(23)19-17(14)24/h3-4,7,10,12,14,18H,5-6,8-9H2,1-2H3,(H,19,23,24). The summed E-state index contributed by atoms with van der Waals surface area (Å²) in [7, 11) is 3.52. The van der Waals surface area contributed by atoms with Crippen LogP contribution in [0.15, 0.2) is 18.2 Å². The number of amides is 3. The molecule has 128 valence electrons. The average Bonchev–Trinajstić information content (AvgIpc) is 2.52. The molecule has 1 aromatic carbocycles. The first-order valence-corrected chi connectivity index (χ1v) is 8.10. The Morgan fingerprint density at radius 2 is 1.92 bits per heavy atom. The van der Waals surface area contributed by atoms with Crippen LogP contribution in [0.2, 0.25) is 0 Å². The molecule has 1 atom stereocenters. The van der Waals surface area contributed by atoms with Gasteiger partial charge >= 0.3 is 0 Å². The van der Waals surface area contributed by atoms with Gasteiger partial charge in [-0.3, -0.25) is 19.7 Å². The number of nitrogens with zero attached hydrogens (tertiary/aromatic N) is 2. The molecule has 1 aromatic rings. The van der Waals surface area contributed by atoms with Gasteiger partial charge in [0, 0.05) is 39.5 Å². The Hall–Kier alpha value is -2.41. The van der Waals surface area contributed by atoms with Crippen LogP contribution in [0.5, 0.6) is 0 Å². The van der Waals surface area contributed by atoms with E-state index in [1.807, 2.05) is 30.1 Å².